The summed E-state index contributed by atoms with van der Waals surface area (Å²) in [5.41, 5.74) is 0.562. The molecule has 4 saturated heterocycles. The van der Waals surface area contributed by atoms with Gasteiger partial charge in [-0.15, -0.1) is 0 Å². The normalized spacial score (nSPS) is 39.5. The van der Waals surface area contributed by atoms with Crippen molar-refractivity contribution in [3.63, 3.8) is 0 Å². The zero-order valence-corrected chi connectivity index (χ0v) is 22.6. The first kappa shape index (κ1) is 25.4. The van der Waals surface area contributed by atoms with Crippen molar-refractivity contribution in [2.24, 2.45) is 34.5 Å². The van der Waals surface area contributed by atoms with Crippen molar-refractivity contribution in [1.82, 2.24) is 9.80 Å². The highest BCUT2D eigenvalue weighted by molar-refractivity contribution is 5.00. The van der Waals surface area contributed by atoms with Gasteiger partial charge in [-0.1, -0.05) is 41.5 Å². The average molecular weight is 479 g/mol. The molecule has 196 valence electrons. The first-order chi connectivity index (χ1) is 16.1. The van der Waals surface area contributed by atoms with Crippen LogP contribution in [0.2, 0.25) is 0 Å². The minimum Gasteiger partial charge on any atom is -0.372 e. The van der Waals surface area contributed by atoms with E-state index in [2.05, 4.69) is 51.3 Å². The van der Waals surface area contributed by atoms with Crippen LogP contribution in [0.4, 0.5) is 0 Å². The Morgan fingerprint density at radius 2 is 0.765 bits per heavy atom. The second-order valence-corrected chi connectivity index (χ2v) is 14.1. The highest BCUT2D eigenvalue weighted by Crippen LogP contribution is 2.54. The second-order valence-electron chi connectivity index (χ2n) is 14.1. The monoisotopic (exact) mass is 478 g/mol. The lowest BCUT2D eigenvalue weighted by molar-refractivity contribution is -0.0674. The lowest BCUT2D eigenvalue weighted by atomic mass is 9.52. The molecule has 0 aromatic heterocycles. The fourth-order valence-corrected chi connectivity index (χ4v) is 7.23. The molecule has 0 amide bonds. The summed E-state index contributed by atoms with van der Waals surface area (Å²) >= 11 is 0. The smallest absolute Gasteiger partial charge is 0.0936 e. The van der Waals surface area contributed by atoms with Gasteiger partial charge in [-0.3, -0.25) is 9.80 Å². The van der Waals surface area contributed by atoms with Crippen LogP contribution in [0.1, 0.15) is 54.4 Å². The maximum Gasteiger partial charge on any atom is 0.0936 e. The van der Waals surface area contributed by atoms with E-state index in [9.17, 15) is 0 Å². The molecule has 6 nitrogen and oxygen atoms in total. The Morgan fingerprint density at radius 3 is 0.971 bits per heavy atom. The van der Waals surface area contributed by atoms with E-state index in [1.165, 1.54) is 25.9 Å². The summed E-state index contributed by atoms with van der Waals surface area (Å²) < 4.78 is 22.5. The van der Waals surface area contributed by atoms with Gasteiger partial charge in [0.1, 0.15) is 0 Å². The summed E-state index contributed by atoms with van der Waals surface area (Å²) in [6.07, 6.45) is 4.46. The van der Waals surface area contributed by atoms with Gasteiger partial charge >= 0.3 is 0 Å². The van der Waals surface area contributed by atoms with Gasteiger partial charge in [-0.25, -0.2) is 0 Å². The molecule has 5 fully saturated rings. The van der Waals surface area contributed by atoms with Crippen molar-refractivity contribution in [2.45, 2.75) is 78.8 Å². The lowest BCUT2D eigenvalue weighted by Gasteiger charge is -2.55. The summed E-state index contributed by atoms with van der Waals surface area (Å²) in [6, 6.07) is 0. The van der Waals surface area contributed by atoms with Crippen LogP contribution in [0, 0.1) is 34.5 Å². The molecule has 1 aliphatic carbocycles. The van der Waals surface area contributed by atoms with Crippen LogP contribution in [0.25, 0.3) is 0 Å². The highest BCUT2D eigenvalue weighted by Gasteiger charge is 2.50. The zero-order chi connectivity index (χ0) is 24.1. The summed E-state index contributed by atoms with van der Waals surface area (Å²) in [5.74, 6) is 2.85. The van der Waals surface area contributed by atoms with Crippen molar-refractivity contribution in [3.8, 4) is 0 Å². The third-order valence-electron chi connectivity index (χ3n) is 8.75. The predicted molar refractivity (Wildman–Crippen MR) is 134 cm³/mol. The molecule has 4 aliphatic heterocycles. The lowest BCUT2D eigenvalue weighted by Crippen LogP contribution is -2.53. The zero-order valence-electron chi connectivity index (χ0n) is 22.6. The molecule has 0 N–H and O–H groups in total. The Hall–Kier alpha value is -0.240. The van der Waals surface area contributed by atoms with E-state index in [0.717, 1.165) is 64.4 Å². The topological polar surface area (TPSA) is 56.6 Å². The number of ether oxygens (including phenoxy) is 4. The van der Waals surface area contributed by atoms with Gasteiger partial charge < -0.3 is 18.9 Å². The van der Waals surface area contributed by atoms with E-state index in [1.54, 1.807) is 0 Å². The van der Waals surface area contributed by atoms with Crippen LogP contribution in [0.3, 0.4) is 0 Å². The minimum absolute atomic E-state index is 0.281. The van der Waals surface area contributed by atoms with E-state index >= 15 is 0 Å². The minimum atomic E-state index is 0.281. The molecular formula is C28H50N2O4. The first-order valence-electron chi connectivity index (χ1n) is 14.0. The Bertz CT molecular complexity index is 587. The van der Waals surface area contributed by atoms with Crippen molar-refractivity contribution in [3.05, 3.63) is 0 Å². The second kappa shape index (κ2) is 9.90. The van der Waals surface area contributed by atoms with Crippen molar-refractivity contribution in [1.29, 1.82) is 0 Å². The Kier molecular flexibility index (Phi) is 7.40. The van der Waals surface area contributed by atoms with Crippen LogP contribution in [0.5, 0.6) is 0 Å². The number of epoxide rings is 4. The molecule has 0 aromatic rings. The molecule has 34 heavy (non-hydrogen) atoms. The van der Waals surface area contributed by atoms with E-state index < -0.39 is 0 Å². The van der Waals surface area contributed by atoms with Gasteiger partial charge in [0.25, 0.3) is 0 Å². The highest BCUT2D eigenvalue weighted by atomic mass is 16.6. The summed E-state index contributed by atoms with van der Waals surface area (Å²) in [7, 11) is 0. The Balaban J connectivity index is 1.32. The van der Waals surface area contributed by atoms with Gasteiger partial charge in [0.05, 0.1) is 50.8 Å². The van der Waals surface area contributed by atoms with Gasteiger partial charge in [0, 0.05) is 39.3 Å². The molecule has 8 unspecified atom stereocenters. The largest absolute Gasteiger partial charge is 0.372 e. The molecule has 5 aliphatic rings. The van der Waals surface area contributed by atoms with Crippen molar-refractivity contribution in [2.75, 3.05) is 65.7 Å². The molecule has 0 aromatic carbocycles. The van der Waals surface area contributed by atoms with Crippen LogP contribution in [-0.2, 0) is 18.9 Å². The Labute approximate surface area is 208 Å². The maximum absolute atomic E-state index is 5.63. The predicted octanol–water partition coefficient (Wildman–Crippen LogP) is 3.54. The number of rotatable bonds is 12. The third-order valence-corrected chi connectivity index (χ3v) is 8.75. The number of hydrogen-bond acceptors (Lipinski definition) is 6. The molecular weight excluding hydrogens is 428 g/mol. The Morgan fingerprint density at radius 1 is 0.500 bits per heavy atom. The van der Waals surface area contributed by atoms with Crippen molar-refractivity contribution < 1.29 is 18.9 Å². The maximum atomic E-state index is 5.63. The third kappa shape index (κ3) is 7.17. The fourth-order valence-electron chi connectivity index (χ4n) is 7.23. The van der Waals surface area contributed by atoms with E-state index in [0.29, 0.717) is 36.3 Å². The van der Waals surface area contributed by atoms with Crippen LogP contribution >= 0.6 is 0 Å². The number of nitrogens with zero attached hydrogens (tertiary/aromatic N) is 2. The van der Waals surface area contributed by atoms with Gasteiger partial charge in [0.15, 0.2) is 0 Å². The molecule has 4 heterocycles. The summed E-state index contributed by atoms with van der Waals surface area (Å²) in [4.78, 5) is 5.36. The van der Waals surface area contributed by atoms with Crippen LogP contribution in [-0.4, -0.2) is 99.9 Å². The first-order valence-corrected chi connectivity index (χ1v) is 14.0. The molecule has 6 heteroatoms. The van der Waals surface area contributed by atoms with Gasteiger partial charge in [-0.05, 0) is 47.3 Å². The number of hydrogen-bond donors (Lipinski definition) is 0. The van der Waals surface area contributed by atoms with E-state index in [1.807, 2.05) is 0 Å². The molecule has 0 radical (unpaired) electrons. The molecule has 8 atom stereocenters. The SMILES string of the molecule is CC(C)(C)C1C(CN(CC2CO2)CC2CO2)CCC(CN(CC2CO2)CC2CO2)C1C(C)(C)C. The van der Waals surface area contributed by atoms with E-state index in [4.69, 9.17) is 18.9 Å². The van der Waals surface area contributed by atoms with Gasteiger partial charge in [0.2, 0.25) is 0 Å². The quantitative estimate of drug-likeness (QED) is 0.400. The molecule has 1 saturated carbocycles. The van der Waals surface area contributed by atoms with Crippen molar-refractivity contribution >= 4 is 0 Å². The molecule has 5 rings (SSSR count). The fraction of sp³-hybridized carbons (Fsp3) is 1.00. The summed E-state index contributed by atoms with van der Waals surface area (Å²) in [5, 5.41) is 0. The van der Waals surface area contributed by atoms with Crippen LogP contribution in [0.15, 0.2) is 0 Å². The molecule has 0 spiro atoms. The standard InChI is InChI=1S/C28H50N2O4/c1-27(2,3)25-19(9-29(11-21-15-31-21)12-22-16-32-22)7-8-20(26(25)28(4,5)6)10-30(13-23-17-33-23)14-24-18-34-24/h19-26H,7-18H2,1-6H3. The van der Waals surface area contributed by atoms with Crippen LogP contribution < -0.4 is 0 Å². The van der Waals surface area contributed by atoms with E-state index in [-0.39, 0.29) is 10.8 Å². The average Bonchev–Trinajstić information content (AvgIpc) is 3.57. The summed E-state index contributed by atoms with van der Waals surface area (Å²) in [6.45, 7) is 25.4. The van der Waals surface area contributed by atoms with Gasteiger partial charge in [-0.2, -0.15) is 0 Å². The molecule has 0 bridgehead atoms.